The van der Waals surface area contributed by atoms with E-state index in [0.717, 1.165) is 0 Å². The molecule has 3 nitrogen and oxygen atoms in total. The molecule has 0 fully saturated rings. The second kappa shape index (κ2) is 8.86. The molecule has 38 valence electrons. The van der Waals surface area contributed by atoms with Gasteiger partial charge in [-0.1, -0.05) is 0 Å². The highest BCUT2D eigenvalue weighted by Gasteiger charge is 1.92. The molecule has 0 aromatic carbocycles. The first kappa shape index (κ1) is 9.30. The van der Waals surface area contributed by atoms with Gasteiger partial charge in [0.1, 0.15) is 0 Å². The molecule has 5 heteroatoms. The number of rotatable bonds is 0. The molecular weight excluding hydrogens is 89.8 g/mol. The van der Waals surface area contributed by atoms with Crippen LogP contribution in [0.15, 0.2) is 0 Å². The summed E-state index contributed by atoms with van der Waals surface area (Å²) >= 11 is 0. The maximum absolute atomic E-state index is 9.50. The summed E-state index contributed by atoms with van der Waals surface area (Å²) in [7, 11) is -1.67. The molecule has 0 unspecified atom stereocenters. The van der Waals surface area contributed by atoms with Gasteiger partial charge in [0.05, 0.1) is 7.18 Å². The van der Waals surface area contributed by atoms with Gasteiger partial charge in [0, 0.05) is 0 Å². The van der Waals surface area contributed by atoms with Gasteiger partial charge >= 0.3 is 7.32 Å². The lowest BCUT2D eigenvalue weighted by Crippen LogP contribution is -2.07. The fourth-order valence-electron chi connectivity index (χ4n) is 0. The molecule has 0 rings (SSSR count). The minimum atomic E-state index is -2.17. The summed E-state index contributed by atoms with van der Waals surface area (Å²) in [5.74, 6) is 0. The molecule has 3 N–H and O–H groups in total. The summed E-state index contributed by atoms with van der Waals surface area (Å²) < 4.78 is 9.50. The highest BCUT2D eigenvalue weighted by molar-refractivity contribution is 6.30. The van der Waals surface area contributed by atoms with Gasteiger partial charge in [0.15, 0.2) is 0 Å². The summed E-state index contributed by atoms with van der Waals surface area (Å²) in [5.41, 5.74) is 0. The number of hydrogen-bond acceptors (Lipinski definition) is 3. The summed E-state index contributed by atoms with van der Waals surface area (Å²) in [6, 6.07) is 0. The Hall–Kier alpha value is -0.125. The van der Waals surface area contributed by atoms with Crippen molar-refractivity contribution < 1.29 is 19.5 Å². The number of hydrogen-bond donors (Lipinski definition) is 3. The molecule has 6 heavy (non-hydrogen) atoms. The molecule has 0 saturated carbocycles. The summed E-state index contributed by atoms with van der Waals surface area (Å²) in [4.78, 5) is 0. The van der Waals surface area contributed by atoms with E-state index in [1.807, 2.05) is 0 Å². The SMILES string of the molecule is CF.OB(O)O. The third-order valence-electron chi connectivity index (χ3n) is 0. The van der Waals surface area contributed by atoms with E-state index in [4.69, 9.17) is 15.1 Å². The largest absolute Gasteiger partial charge is 0.631 e. The second-order valence-electron chi connectivity index (χ2n) is 0.346. The molecule has 0 amide bonds. The van der Waals surface area contributed by atoms with Gasteiger partial charge in [0.2, 0.25) is 0 Å². The van der Waals surface area contributed by atoms with Crippen LogP contribution in [-0.2, 0) is 0 Å². The van der Waals surface area contributed by atoms with Gasteiger partial charge in [-0.3, -0.25) is 4.39 Å². The Bertz CT molecular complexity index is 15.5. The van der Waals surface area contributed by atoms with Crippen LogP contribution in [-0.4, -0.2) is 29.6 Å². The predicted molar refractivity (Wildman–Crippen MR) is 19.4 cm³/mol. The zero-order valence-corrected chi connectivity index (χ0v) is 3.30. The predicted octanol–water partition coefficient (Wildman–Crippen LogP) is -1.47. The maximum Gasteiger partial charge on any atom is 0.631 e. The number of halogens is 1. The van der Waals surface area contributed by atoms with Crippen molar-refractivity contribution >= 4 is 7.32 Å². The van der Waals surface area contributed by atoms with E-state index in [9.17, 15) is 4.39 Å². The van der Waals surface area contributed by atoms with Crippen molar-refractivity contribution in [1.82, 2.24) is 0 Å². The van der Waals surface area contributed by atoms with Gasteiger partial charge in [-0.15, -0.1) is 0 Å². The van der Waals surface area contributed by atoms with Crippen LogP contribution in [0.25, 0.3) is 0 Å². The zero-order chi connectivity index (χ0) is 5.58. The second-order valence-corrected chi connectivity index (χ2v) is 0.346. The topological polar surface area (TPSA) is 60.7 Å². The van der Waals surface area contributed by atoms with Crippen LogP contribution in [0.4, 0.5) is 4.39 Å². The lowest BCUT2D eigenvalue weighted by atomic mass is 10.3. The highest BCUT2D eigenvalue weighted by Crippen LogP contribution is 1.40. The molecule has 0 aliphatic heterocycles. The Kier molecular flexibility index (Phi) is 13.7. The van der Waals surface area contributed by atoms with E-state index >= 15 is 0 Å². The van der Waals surface area contributed by atoms with Crippen LogP contribution < -0.4 is 0 Å². The summed E-state index contributed by atoms with van der Waals surface area (Å²) in [6.45, 7) is 0. The smallest absolute Gasteiger partial charge is 0.402 e. The summed E-state index contributed by atoms with van der Waals surface area (Å²) in [5, 5.41) is 21.5. The first-order valence-electron chi connectivity index (χ1n) is 1.15. The lowest BCUT2D eigenvalue weighted by Gasteiger charge is -1.69. The average Bonchev–Trinajstić information content (AvgIpc) is 1.41. The van der Waals surface area contributed by atoms with Crippen LogP contribution >= 0.6 is 0 Å². The van der Waals surface area contributed by atoms with Crippen molar-refractivity contribution in [2.24, 2.45) is 0 Å². The average molecular weight is 95.9 g/mol. The number of alkyl halides is 1. The summed E-state index contributed by atoms with van der Waals surface area (Å²) in [6.07, 6.45) is 0. The third kappa shape index (κ3) is 2050. The van der Waals surface area contributed by atoms with Crippen LogP contribution in [0.2, 0.25) is 0 Å². The van der Waals surface area contributed by atoms with Gasteiger partial charge in [-0.2, -0.15) is 0 Å². The zero-order valence-electron chi connectivity index (χ0n) is 3.30. The molecular formula is CH6BFO3. The van der Waals surface area contributed by atoms with Gasteiger partial charge in [0.25, 0.3) is 0 Å². The van der Waals surface area contributed by atoms with Crippen LogP contribution in [0.5, 0.6) is 0 Å². The Morgan fingerprint density at radius 2 is 1.17 bits per heavy atom. The van der Waals surface area contributed by atoms with E-state index in [1.165, 1.54) is 0 Å². The molecule has 0 heterocycles. The molecule has 0 aliphatic carbocycles. The van der Waals surface area contributed by atoms with Gasteiger partial charge in [-0.25, -0.2) is 0 Å². The maximum atomic E-state index is 9.50. The van der Waals surface area contributed by atoms with Gasteiger partial charge < -0.3 is 15.1 Å². The molecule has 0 bridgehead atoms. The third-order valence-corrected chi connectivity index (χ3v) is 0. The molecule has 0 saturated heterocycles. The minimum Gasteiger partial charge on any atom is -0.402 e. The van der Waals surface area contributed by atoms with Crippen LogP contribution in [0, 0.1) is 0 Å². The van der Waals surface area contributed by atoms with Crippen molar-refractivity contribution in [3.05, 3.63) is 0 Å². The lowest BCUT2D eigenvalue weighted by molar-refractivity contribution is 0.278. The van der Waals surface area contributed by atoms with E-state index in [2.05, 4.69) is 0 Å². The van der Waals surface area contributed by atoms with Crippen molar-refractivity contribution in [2.75, 3.05) is 7.18 Å². The van der Waals surface area contributed by atoms with Crippen molar-refractivity contribution in [1.29, 1.82) is 0 Å². The standard InChI is InChI=1S/CH3F.BH3O3/c1-2;2-1(3)4/h1H3;2-4H. The monoisotopic (exact) mass is 96.0 g/mol. The Morgan fingerprint density at radius 1 is 1.17 bits per heavy atom. The van der Waals surface area contributed by atoms with E-state index in [0.29, 0.717) is 7.18 Å². The molecule has 0 spiro atoms. The molecule has 0 radical (unpaired) electrons. The van der Waals surface area contributed by atoms with E-state index in [1.54, 1.807) is 0 Å². The first-order valence-corrected chi connectivity index (χ1v) is 1.15. The van der Waals surface area contributed by atoms with Crippen LogP contribution in [0.3, 0.4) is 0 Å². The Morgan fingerprint density at radius 3 is 1.17 bits per heavy atom. The quantitative estimate of drug-likeness (QED) is 0.323. The molecule has 0 aliphatic rings. The first-order chi connectivity index (χ1) is 2.73. The fourth-order valence-corrected chi connectivity index (χ4v) is 0. The minimum absolute atomic E-state index is 0.500. The van der Waals surface area contributed by atoms with E-state index in [-0.39, 0.29) is 0 Å². The highest BCUT2D eigenvalue weighted by atomic mass is 19.1. The Labute approximate surface area is 35.2 Å². The Balaban J connectivity index is 0. The van der Waals surface area contributed by atoms with Crippen molar-refractivity contribution in [2.45, 2.75) is 0 Å². The van der Waals surface area contributed by atoms with Crippen molar-refractivity contribution in [3.63, 3.8) is 0 Å². The molecule has 0 aromatic heterocycles. The van der Waals surface area contributed by atoms with Gasteiger partial charge in [-0.05, 0) is 0 Å². The molecule has 0 atom stereocenters. The van der Waals surface area contributed by atoms with E-state index < -0.39 is 7.32 Å². The van der Waals surface area contributed by atoms with Crippen molar-refractivity contribution in [3.8, 4) is 0 Å². The van der Waals surface area contributed by atoms with Crippen LogP contribution in [0.1, 0.15) is 0 Å². The fraction of sp³-hybridized carbons (Fsp3) is 1.00. The molecule has 0 aromatic rings. The normalized spacial score (nSPS) is 5.50.